The van der Waals surface area contributed by atoms with Crippen molar-refractivity contribution in [2.75, 3.05) is 39.6 Å². The van der Waals surface area contributed by atoms with E-state index in [1.165, 1.54) is 250 Å². The first kappa shape index (κ1) is 97.1. The summed E-state index contributed by atoms with van der Waals surface area (Å²) in [5.41, 5.74) is 0. The second-order valence-corrected chi connectivity index (χ2v) is 32.0. The molecule has 0 fully saturated rings. The first-order valence-corrected chi connectivity index (χ1v) is 44.7. The van der Waals surface area contributed by atoms with E-state index >= 15 is 0 Å². The van der Waals surface area contributed by atoms with Crippen molar-refractivity contribution in [3.63, 3.8) is 0 Å². The summed E-state index contributed by atoms with van der Waals surface area (Å²) < 4.78 is 68.7. The molecule has 0 aliphatic carbocycles. The lowest BCUT2D eigenvalue weighted by atomic mass is 9.99. The van der Waals surface area contributed by atoms with E-state index in [0.717, 1.165) is 95.8 Å². The quantitative estimate of drug-likeness (QED) is 0.0222. The summed E-state index contributed by atoms with van der Waals surface area (Å²) in [6.45, 7) is 7.37. The normalized spacial score (nSPS) is 14.1. The molecule has 19 heteroatoms. The number of aliphatic hydroxyl groups excluding tert-OH is 1. The molecule has 6 atom stereocenters. The van der Waals surface area contributed by atoms with E-state index in [2.05, 4.69) is 34.6 Å². The zero-order valence-corrected chi connectivity index (χ0v) is 66.4. The highest BCUT2D eigenvalue weighted by molar-refractivity contribution is 7.47. The molecule has 0 amide bonds. The van der Waals surface area contributed by atoms with E-state index in [-0.39, 0.29) is 25.7 Å². The van der Waals surface area contributed by atoms with Crippen LogP contribution >= 0.6 is 15.6 Å². The highest BCUT2D eigenvalue weighted by atomic mass is 31.2. The number of aliphatic hydroxyl groups is 1. The second kappa shape index (κ2) is 73.0. The van der Waals surface area contributed by atoms with Crippen LogP contribution in [-0.4, -0.2) is 96.7 Å². The van der Waals surface area contributed by atoms with Gasteiger partial charge in [-0.3, -0.25) is 37.3 Å². The Balaban J connectivity index is 5.22. The third-order valence-electron chi connectivity index (χ3n) is 19.1. The minimum atomic E-state index is -4.96. The summed E-state index contributed by atoms with van der Waals surface area (Å²) in [4.78, 5) is 72.9. The zero-order valence-electron chi connectivity index (χ0n) is 64.6. The summed E-state index contributed by atoms with van der Waals surface area (Å²) in [6.07, 6.45) is 63.7. The van der Waals surface area contributed by atoms with E-state index in [4.69, 9.17) is 37.0 Å². The van der Waals surface area contributed by atoms with E-state index < -0.39 is 97.5 Å². The molecule has 0 aliphatic heterocycles. The molecule has 0 heterocycles. The summed E-state index contributed by atoms with van der Waals surface area (Å²) in [7, 11) is -9.91. The van der Waals surface area contributed by atoms with Gasteiger partial charge in [0, 0.05) is 25.7 Å². The molecule has 0 saturated carbocycles. The highest BCUT2D eigenvalue weighted by Crippen LogP contribution is 2.45. The van der Waals surface area contributed by atoms with Crippen LogP contribution in [0.25, 0.3) is 0 Å². The van der Waals surface area contributed by atoms with Gasteiger partial charge in [0.2, 0.25) is 0 Å². The Hall–Kier alpha value is -1.94. The van der Waals surface area contributed by atoms with E-state index in [0.29, 0.717) is 25.7 Å². The van der Waals surface area contributed by atoms with Crippen LogP contribution in [0.3, 0.4) is 0 Å². The van der Waals surface area contributed by atoms with Gasteiger partial charge >= 0.3 is 39.5 Å². The number of ether oxygens (including phenoxy) is 4. The van der Waals surface area contributed by atoms with Crippen molar-refractivity contribution in [2.45, 2.75) is 445 Å². The van der Waals surface area contributed by atoms with Gasteiger partial charge in [-0.05, 0) is 31.6 Å². The lowest BCUT2D eigenvalue weighted by Crippen LogP contribution is -2.30. The molecule has 99 heavy (non-hydrogen) atoms. The van der Waals surface area contributed by atoms with Crippen molar-refractivity contribution in [2.24, 2.45) is 5.92 Å². The molecule has 0 rings (SSSR count). The monoisotopic (exact) mass is 1450 g/mol. The van der Waals surface area contributed by atoms with Crippen molar-refractivity contribution in [3.8, 4) is 0 Å². The fourth-order valence-corrected chi connectivity index (χ4v) is 14.0. The molecule has 0 aromatic heterocycles. The number of phosphoric acid groups is 2. The summed E-state index contributed by atoms with van der Waals surface area (Å²) >= 11 is 0. The molecule has 0 bridgehead atoms. The van der Waals surface area contributed by atoms with Gasteiger partial charge in [0.25, 0.3) is 0 Å². The van der Waals surface area contributed by atoms with Crippen LogP contribution in [-0.2, 0) is 65.4 Å². The molecule has 3 N–H and O–H groups in total. The molecule has 17 nitrogen and oxygen atoms in total. The Labute approximate surface area is 607 Å². The zero-order chi connectivity index (χ0) is 72.7. The minimum absolute atomic E-state index is 0.108. The van der Waals surface area contributed by atoms with Crippen LogP contribution in [0, 0.1) is 5.92 Å². The number of carbonyl (C=O) groups excluding carboxylic acids is 4. The number of hydrogen-bond acceptors (Lipinski definition) is 15. The minimum Gasteiger partial charge on any atom is -0.462 e. The number of rotatable bonds is 80. The van der Waals surface area contributed by atoms with E-state index in [1.807, 2.05) is 0 Å². The fourth-order valence-electron chi connectivity index (χ4n) is 12.4. The van der Waals surface area contributed by atoms with Gasteiger partial charge in [0.15, 0.2) is 12.2 Å². The van der Waals surface area contributed by atoms with Crippen LogP contribution in [0.4, 0.5) is 0 Å². The number of esters is 4. The maximum atomic E-state index is 13.1. The average Bonchev–Trinajstić information content (AvgIpc) is 1.04. The molecule has 3 unspecified atom stereocenters. The Morgan fingerprint density at radius 2 is 0.485 bits per heavy atom. The molecule has 0 aliphatic rings. The van der Waals surface area contributed by atoms with Crippen molar-refractivity contribution in [1.82, 2.24) is 0 Å². The van der Waals surface area contributed by atoms with Crippen LogP contribution in [0.1, 0.15) is 426 Å². The molecule has 0 aromatic rings. The number of unbranched alkanes of at least 4 members (excludes halogenated alkanes) is 51. The van der Waals surface area contributed by atoms with Gasteiger partial charge in [0.1, 0.15) is 19.3 Å². The maximum absolute atomic E-state index is 13.1. The van der Waals surface area contributed by atoms with Crippen LogP contribution < -0.4 is 0 Å². The van der Waals surface area contributed by atoms with Crippen LogP contribution in [0.5, 0.6) is 0 Å². The van der Waals surface area contributed by atoms with Crippen molar-refractivity contribution < 1.29 is 80.2 Å². The van der Waals surface area contributed by atoms with Gasteiger partial charge in [-0.1, -0.05) is 375 Å². The van der Waals surface area contributed by atoms with Gasteiger partial charge < -0.3 is 33.8 Å². The van der Waals surface area contributed by atoms with E-state index in [1.54, 1.807) is 0 Å². The smallest absolute Gasteiger partial charge is 0.462 e. The average molecular weight is 1450 g/mol. The standard InChI is InChI=1S/C80H156O17P2/c1-6-10-13-16-19-22-25-27-28-29-30-31-32-37-41-46-51-56-61-66-80(85)97-76(70-91-78(83)64-59-54-49-44-40-36-34-33-35-38-42-47-52-57-62-73(5)9-4)72-95-99(88,89)93-68-74(81)67-92-98(86,87)94-71-75(69-90-77(82)63-58-53-48-43-24-21-18-15-12-8-3)96-79(84)65-60-55-50-45-39-26-23-20-17-14-11-7-2/h73-76,81H,6-72H2,1-5H3,(H,86,87)(H,88,89)/t73?,74-,75+,76+/m0/s1. The summed E-state index contributed by atoms with van der Waals surface area (Å²) in [6, 6.07) is 0. The fraction of sp³-hybridized carbons (Fsp3) is 0.950. The van der Waals surface area contributed by atoms with Crippen molar-refractivity contribution >= 4 is 39.5 Å². The summed E-state index contributed by atoms with van der Waals surface area (Å²) in [5.74, 6) is -1.26. The largest absolute Gasteiger partial charge is 0.472 e. The summed E-state index contributed by atoms with van der Waals surface area (Å²) in [5, 5.41) is 10.6. The number of hydrogen-bond donors (Lipinski definition) is 3. The third kappa shape index (κ3) is 72.8. The molecule has 0 spiro atoms. The molecular weight excluding hydrogens is 1290 g/mol. The maximum Gasteiger partial charge on any atom is 0.472 e. The molecular formula is C80H156O17P2. The Morgan fingerprint density at radius 3 is 0.717 bits per heavy atom. The predicted molar refractivity (Wildman–Crippen MR) is 405 cm³/mol. The SMILES string of the molecule is CCCCCCCCCCCCCCCCCCCCCC(=O)O[C@H](COC(=O)CCCCCCCCCCCCCCCCC(C)CC)COP(=O)(O)OC[C@@H](O)COP(=O)(O)OC[C@@H](COC(=O)CCCCCCCCCCCC)OC(=O)CCCCCCCCCCCCCC. The van der Waals surface area contributed by atoms with Crippen LogP contribution in [0.15, 0.2) is 0 Å². The Morgan fingerprint density at radius 1 is 0.283 bits per heavy atom. The van der Waals surface area contributed by atoms with Crippen molar-refractivity contribution in [1.29, 1.82) is 0 Å². The molecule has 588 valence electrons. The Kier molecular flexibility index (Phi) is 71.6. The second-order valence-electron chi connectivity index (χ2n) is 29.1. The van der Waals surface area contributed by atoms with Gasteiger partial charge in [-0.2, -0.15) is 0 Å². The number of carbonyl (C=O) groups is 4. The van der Waals surface area contributed by atoms with Gasteiger partial charge in [0.05, 0.1) is 26.4 Å². The van der Waals surface area contributed by atoms with E-state index in [9.17, 15) is 43.2 Å². The highest BCUT2D eigenvalue weighted by Gasteiger charge is 2.30. The van der Waals surface area contributed by atoms with Gasteiger partial charge in [-0.25, -0.2) is 9.13 Å². The molecule has 0 aromatic carbocycles. The van der Waals surface area contributed by atoms with Crippen molar-refractivity contribution in [3.05, 3.63) is 0 Å². The van der Waals surface area contributed by atoms with Gasteiger partial charge in [-0.15, -0.1) is 0 Å². The third-order valence-corrected chi connectivity index (χ3v) is 21.0. The topological polar surface area (TPSA) is 237 Å². The molecule has 0 radical (unpaired) electrons. The lowest BCUT2D eigenvalue weighted by Gasteiger charge is -2.21. The predicted octanol–water partition coefficient (Wildman–Crippen LogP) is 24.0. The van der Waals surface area contributed by atoms with Crippen LogP contribution in [0.2, 0.25) is 0 Å². The Bertz CT molecular complexity index is 1890. The molecule has 0 saturated heterocycles. The first-order valence-electron chi connectivity index (χ1n) is 41.7. The lowest BCUT2D eigenvalue weighted by molar-refractivity contribution is -0.161. The number of phosphoric ester groups is 2. The first-order chi connectivity index (χ1) is 48.1.